The lowest BCUT2D eigenvalue weighted by Crippen LogP contribution is -2.28. The highest BCUT2D eigenvalue weighted by atomic mass is 15.1. The number of hydrogen-bond donors (Lipinski definition) is 0. The minimum atomic E-state index is -0.490. The first-order valence-electron chi connectivity index (χ1n) is 17.5. The van der Waals surface area contributed by atoms with E-state index in [1.807, 2.05) is 18.2 Å². The SMILES string of the molecule is C=C/C=C(\C=C)c1ccc(N(c2ccc(-c3ccccc3)cc2)c2cccc3c2-c2ccccc2C3(c2ccccc2)c2cccc(C)c2)cc1. The molecule has 0 bridgehead atoms. The van der Waals surface area contributed by atoms with Crippen LogP contribution in [0.5, 0.6) is 0 Å². The highest BCUT2D eigenvalue weighted by molar-refractivity contribution is 5.97. The summed E-state index contributed by atoms with van der Waals surface area (Å²) in [5.74, 6) is 0. The fraction of sp³-hybridized carbons (Fsp3) is 0.0400. The quantitative estimate of drug-likeness (QED) is 0.140. The Labute approximate surface area is 301 Å². The molecule has 7 aromatic carbocycles. The maximum Gasteiger partial charge on any atom is 0.0714 e. The van der Waals surface area contributed by atoms with E-state index < -0.39 is 5.41 Å². The Bertz CT molecular complexity index is 2380. The third-order valence-corrected chi connectivity index (χ3v) is 10.2. The van der Waals surface area contributed by atoms with Gasteiger partial charge in [-0.2, -0.15) is 0 Å². The van der Waals surface area contributed by atoms with E-state index in [4.69, 9.17) is 0 Å². The fourth-order valence-corrected chi connectivity index (χ4v) is 7.92. The molecule has 1 atom stereocenters. The molecule has 0 fully saturated rings. The summed E-state index contributed by atoms with van der Waals surface area (Å²) in [6.45, 7) is 10.1. The fourth-order valence-electron chi connectivity index (χ4n) is 7.92. The van der Waals surface area contributed by atoms with Crippen molar-refractivity contribution in [3.8, 4) is 22.3 Å². The Balaban J connectivity index is 1.40. The Morgan fingerprint density at radius 3 is 1.82 bits per heavy atom. The summed E-state index contributed by atoms with van der Waals surface area (Å²) in [4.78, 5) is 2.41. The summed E-state index contributed by atoms with van der Waals surface area (Å²) in [6.07, 6.45) is 5.69. The van der Waals surface area contributed by atoms with Crippen molar-refractivity contribution < 1.29 is 0 Å². The zero-order valence-electron chi connectivity index (χ0n) is 28.8. The van der Waals surface area contributed by atoms with Gasteiger partial charge in [-0.3, -0.25) is 0 Å². The van der Waals surface area contributed by atoms with Gasteiger partial charge in [0.2, 0.25) is 0 Å². The number of hydrogen-bond acceptors (Lipinski definition) is 1. The molecule has 0 saturated heterocycles. The average Bonchev–Trinajstić information content (AvgIpc) is 3.50. The van der Waals surface area contributed by atoms with Crippen LogP contribution in [0.1, 0.15) is 33.4 Å². The molecule has 1 heteroatoms. The monoisotopic (exact) mass is 653 g/mol. The first-order chi connectivity index (χ1) is 25.1. The van der Waals surface area contributed by atoms with Crippen LogP contribution in [0.25, 0.3) is 27.8 Å². The highest BCUT2D eigenvalue weighted by Crippen LogP contribution is 2.59. The van der Waals surface area contributed by atoms with E-state index in [9.17, 15) is 0 Å². The molecule has 51 heavy (non-hydrogen) atoms. The van der Waals surface area contributed by atoms with Crippen molar-refractivity contribution in [2.45, 2.75) is 12.3 Å². The minimum Gasteiger partial charge on any atom is -0.310 e. The van der Waals surface area contributed by atoms with Gasteiger partial charge >= 0.3 is 0 Å². The van der Waals surface area contributed by atoms with Crippen molar-refractivity contribution in [1.29, 1.82) is 0 Å². The lowest BCUT2D eigenvalue weighted by Gasteiger charge is -2.34. The highest BCUT2D eigenvalue weighted by Gasteiger charge is 2.47. The molecular weight excluding hydrogens is 615 g/mol. The number of anilines is 3. The van der Waals surface area contributed by atoms with Gasteiger partial charge in [-0.05, 0) is 87.3 Å². The summed E-state index contributed by atoms with van der Waals surface area (Å²) < 4.78 is 0. The number of rotatable bonds is 9. The topological polar surface area (TPSA) is 3.24 Å². The van der Waals surface area contributed by atoms with Crippen molar-refractivity contribution in [3.05, 3.63) is 241 Å². The van der Waals surface area contributed by atoms with Crippen molar-refractivity contribution >= 4 is 22.6 Å². The van der Waals surface area contributed by atoms with Crippen molar-refractivity contribution in [3.63, 3.8) is 0 Å². The van der Waals surface area contributed by atoms with Crippen molar-refractivity contribution in [2.24, 2.45) is 0 Å². The van der Waals surface area contributed by atoms with Gasteiger partial charge in [0.25, 0.3) is 0 Å². The van der Waals surface area contributed by atoms with Crippen molar-refractivity contribution in [2.75, 3.05) is 4.90 Å². The van der Waals surface area contributed by atoms with E-state index in [0.717, 1.165) is 28.2 Å². The molecule has 244 valence electrons. The normalized spacial score (nSPS) is 14.7. The molecule has 1 aliphatic carbocycles. The molecule has 1 nitrogen and oxygen atoms in total. The molecule has 8 rings (SSSR count). The van der Waals surface area contributed by atoms with Crippen LogP contribution in [0.3, 0.4) is 0 Å². The zero-order valence-corrected chi connectivity index (χ0v) is 28.8. The van der Waals surface area contributed by atoms with E-state index >= 15 is 0 Å². The number of nitrogens with zero attached hydrogens (tertiary/aromatic N) is 1. The second-order valence-corrected chi connectivity index (χ2v) is 13.1. The first kappa shape index (κ1) is 31.8. The second kappa shape index (κ2) is 13.5. The maximum atomic E-state index is 4.05. The summed E-state index contributed by atoms with van der Waals surface area (Å²) in [5.41, 5.74) is 16.2. The maximum absolute atomic E-state index is 4.05. The Morgan fingerprint density at radius 2 is 1.14 bits per heavy atom. The molecule has 0 N–H and O–H groups in total. The molecule has 0 amide bonds. The van der Waals surface area contributed by atoms with Gasteiger partial charge in [-0.25, -0.2) is 0 Å². The lowest BCUT2D eigenvalue weighted by atomic mass is 9.67. The number of aryl methyl sites for hydroxylation is 1. The summed E-state index contributed by atoms with van der Waals surface area (Å²) >= 11 is 0. The van der Waals surface area contributed by atoms with Crippen LogP contribution < -0.4 is 4.90 Å². The largest absolute Gasteiger partial charge is 0.310 e. The van der Waals surface area contributed by atoms with Gasteiger partial charge in [0.15, 0.2) is 0 Å². The first-order valence-corrected chi connectivity index (χ1v) is 17.5. The number of fused-ring (bicyclic) bond motifs is 3. The molecule has 0 saturated carbocycles. The molecule has 0 heterocycles. The van der Waals surface area contributed by atoms with E-state index in [1.54, 1.807) is 0 Å². The van der Waals surface area contributed by atoms with Crippen LogP contribution in [0.4, 0.5) is 17.1 Å². The van der Waals surface area contributed by atoms with Gasteiger partial charge in [0, 0.05) is 16.9 Å². The van der Waals surface area contributed by atoms with Gasteiger partial charge in [0.05, 0.1) is 11.1 Å². The zero-order chi connectivity index (χ0) is 34.8. The Hall–Kier alpha value is -6.44. The summed E-state index contributed by atoms with van der Waals surface area (Å²) in [7, 11) is 0. The predicted molar refractivity (Wildman–Crippen MR) is 217 cm³/mol. The third-order valence-electron chi connectivity index (χ3n) is 10.2. The van der Waals surface area contributed by atoms with E-state index in [-0.39, 0.29) is 0 Å². The lowest BCUT2D eigenvalue weighted by molar-refractivity contribution is 0.767. The summed E-state index contributed by atoms with van der Waals surface area (Å²) in [6, 6.07) is 64.2. The van der Waals surface area contributed by atoms with Gasteiger partial charge < -0.3 is 4.90 Å². The average molecular weight is 654 g/mol. The van der Waals surface area contributed by atoms with Gasteiger partial charge in [0.1, 0.15) is 0 Å². The van der Waals surface area contributed by atoms with E-state index in [0.29, 0.717) is 0 Å². The number of benzene rings is 7. The molecule has 0 aliphatic heterocycles. The third kappa shape index (κ3) is 5.44. The van der Waals surface area contributed by atoms with Crippen molar-refractivity contribution in [1.82, 2.24) is 0 Å². The van der Waals surface area contributed by atoms with E-state index in [2.05, 4.69) is 201 Å². The summed E-state index contributed by atoms with van der Waals surface area (Å²) in [5, 5.41) is 0. The molecule has 1 aliphatic rings. The minimum absolute atomic E-state index is 0.490. The molecular formula is C50H39N. The molecule has 1 unspecified atom stereocenters. The standard InChI is InChI=1S/C50H39N/c1-4-16-37(5-2)39-27-31-43(32-28-39)51(44-33-29-40(30-34-44)38-18-8-6-9-19-38)48-26-15-25-47-49(48)45-23-12-13-24-46(45)50(47,41-20-10-7-11-21-41)42-22-14-17-36(3)35-42/h4-35H,1-2H2,3H3/b37-16+. The molecule has 0 spiro atoms. The predicted octanol–water partition coefficient (Wildman–Crippen LogP) is 13.3. The Kier molecular flexibility index (Phi) is 8.39. The van der Waals surface area contributed by atoms with Gasteiger partial charge in [-0.1, -0.05) is 183 Å². The molecule has 0 aromatic heterocycles. The van der Waals surface area contributed by atoms with E-state index in [1.165, 1.54) is 50.1 Å². The van der Waals surface area contributed by atoms with Crippen LogP contribution in [0.2, 0.25) is 0 Å². The van der Waals surface area contributed by atoms with Crippen LogP contribution >= 0.6 is 0 Å². The Morgan fingerprint density at radius 1 is 0.549 bits per heavy atom. The van der Waals surface area contributed by atoms with Crippen LogP contribution in [0.15, 0.2) is 207 Å². The second-order valence-electron chi connectivity index (χ2n) is 13.1. The smallest absolute Gasteiger partial charge is 0.0714 e. The number of allylic oxidation sites excluding steroid dienone is 4. The van der Waals surface area contributed by atoms with Gasteiger partial charge in [-0.15, -0.1) is 0 Å². The molecule has 0 radical (unpaired) electrons. The van der Waals surface area contributed by atoms with Crippen LogP contribution in [-0.2, 0) is 5.41 Å². The van der Waals surface area contributed by atoms with Crippen LogP contribution in [0, 0.1) is 6.92 Å². The molecule has 7 aromatic rings. The van der Waals surface area contributed by atoms with Crippen LogP contribution in [-0.4, -0.2) is 0 Å².